The number of sulfonamides is 1. The Bertz CT molecular complexity index is 1710. The summed E-state index contributed by atoms with van der Waals surface area (Å²) in [5.74, 6) is -0.286. The Morgan fingerprint density at radius 2 is 1.89 bits per heavy atom. The minimum Gasteiger partial charge on any atom is -0.455 e. The van der Waals surface area contributed by atoms with Gasteiger partial charge in [0.2, 0.25) is 0 Å². The van der Waals surface area contributed by atoms with Gasteiger partial charge in [-0.1, -0.05) is 25.1 Å². The van der Waals surface area contributed by atoms with Crippen LogP contribution in [0.15, 0.2) is 62.2 Å². The Labute approximate surface area is 222 Å². The van der Waals surface area contributed by atoms with Gasteiger partial charge < -0.3 is 14.7 Å². The molecule has 2 heterocycles. The summed E-state index contributed by atoms with van der Waals surface area (Å²) in [7, 11) is -5.66. The van der Waals surface area contributed by atoms with Gasteiger partial charge in [0.15, 0.2) is 5.76 Å². The number of nitrogens with two attached hydrogens (primary N) is 1. The predicted molar refractivity (Wildman–Crippen MR) is 138 cm³/mol. The number of para-hydroxylation sites is 1. The number of fused-ring (bicyclic) bond motifs is 1. The van der Waals surface area contributed by atoms with Crippen molar-refractivity contribution in [1.29, 1.82) is 0 Å². The van der Waals surface area contributed by atoms with E-state index in [1.54, 1.807) is 27.5 Å². The first kappa shape index (κ1) is 27.4. The van der Waals surface area contributed by atoms with E-state index in [9.17, 15) is 31.2 Å². The molecule has 0 aliphatic rings. The number of anilines is 1. The average molecular weight is 613 g/mol. The Hall–Kier alpha value is -3.65. The van der Waals surface area contributed by atoms with E-state index >= 15 is 0 Å². The molecular weight excluding hydrogens is 593 g/mol. The van der Waals surface area contributed by atoms with Crippen LogP contribution in [0.25, 0.3) is 22.3 Å². The molecule has 0 unspecified atom stereocenters. The second-order valence-electron chi connectivity index (χ2n) is 8.27. The number of primary amides is 1. The average Bonchev–Trinajstić information content (AvgIpc) is 3.15. The molecule has 0 atom stereocenters. The van der Waals surface area contributed by atoms with Crippen molar-refractivity contribution < 1.29 is 30.8 Å². The van der Waals surface area contributed by atoms with Gasteiger partial charge in [0.25, 0.3) is 11.5 Å². The highest BCUT2D eigenvalue weighted by Crippen LogP contribution is 2.41. The summed E-state index contributed by atoms with van der Waals surface area (Å²) in [6.07, 6.45) is 1.10. The highest BCUT2D eigenvalue weighted by atomic mass is 79.9. The zero-order valence-corrected chi connectivity index (χ0v) is 22.1. The third-order valence-corrected chi connectivity index (χ3v) is 7.47. The van der Waals surface area contributed by atoms with Crippen LogP contribution < -0.4 is 16.0 Å². The van der Waals surface area contributed by atoms with Crippen molar-refractivity contribution in [3.8, 4) is 11.3 Å². The van der Waals surface area contributed by atoms with E-state index in [-0.39, 0.29) is 29.2 Å². The molecule has 0 spiro atoms. The first-order valence-corrected chi connectivity index (χ1v) is 13.4. The van der Waals surface area contributed by atoms with E-state index in [1.807, 2.05) is 6.92 Å². The number of rotatable bonds is 8. The lowest BCUT2D eigenvalue weighted by Crippen LogP contribution is -2.30. The monoisotopic (exact) mass is 612 g/mol. The minimum atomic E-state index is -5.66. The first-order valence-electron chi connectivity index (χ1n) is 11.1. The van der Waals surface area contributed by atoms with Gasteiger partial charge in [-0.05, 0) is 52.2 Å². The SMILES string of the molecule is CCCc1nc(=O)cc(C(N)=O)n1Cc1ccc2oc(-c3ccccc3NS(=O)(=O)C(F)(F)F)c(Br)c2c1. The Morgan fingerprint density at radius 1 is 1.18 bits per heavy atom. The van der Waals surface area contributed by atoms with E-state index in [4.69, 9.17) is 10.2 Å². The maximum atomic E-state index is 13.0. The fourth-order valence-electron chi connectivity index (χ4n) is 3.89. The van der Waals surface area contributed by atoms with E-state index in [2.05, 4.69) is 20.9 Å². The molecule has 0 bridgehead atoms. The third kappa shape index (κ3) is 5.31. The number of amides is 1. The molecule has 0 saturated heterocycles. The van der Waals surface area contributed by atoms with Gasteiger partial charge in [0.1, 0.15) is 17.1 Å². The van der Waals surface area contributed by atoms with Gasteiger partial charge >= 0.3 is 15.5 Å². The number of carbonyl (C=O) groups excluding carboxylic acids is 1. The standard InChI is InChI=1S/C24H20BrF3N4O5S/c1-2-5-19-30-20(33)11-17(23(29)34)32(19)12-13-8-9-18-15(10-13)21(25)22(37-18)14-6-3-4-7-16(14)31-38(35,36)24(26,27)28/h3-4,6-11,31H,2,5,12H2,1H3,(H2,29,34). The number of halogens is 4. The molecule has 38 heavy (non-hydrogen) atoms. The predicted octanol–water partition coefficient (Wildman–Crippen LogP) is 4.78. The molecule has 14 heteroatoms. The minimum absolute atomic E-state index is 0.00590. The number of carbonyl (C=O) groups is 1. The molecule has 200 valence electrons. The summed E-state index contributed by atoms with van der Waals surface area (Å²) in [5, 5.41) is 0.539. The van der Waals surface area contributed by atoms with Crippen LogP contribution in [0, 0.1) is 0 Å². The Morgan fingerprint density at radius 3 is 2.55 bits per heavy atom. The smallest absolute Gasteiger partial charge is 0.455 e. The van der Waals surface area contributed by atoms with Crippen LogP contribution in [0.3, 0.4) is 0 Å². The molecule has 0 radical (unpaired) electrons. The van der Waals surface area contributed by atoms with Crippen molar-refractivity contribution in [3.05, 3.63) is 80.4 Å². The van der Waals surface area contributed by atoms with Crippen molar-refractivity contribution in [3.63, 3.8) is 0 Å². The summed E-state index contributed by atoms with van der Waals surface area (Å²) in [6, 6.07) is 11.6. The summed E-state index contributed by atoms with van der Waals surface area (Å²) >= 11 is 3.42. The second-order valence-corrected chi connectivity index (χ2v) is 10.7. The molecule has 0 aliphatic heterocycles. The lowest BCUT2D eigenvalue weighted by molar-refractivity contribution is -0.0429. The van der Waals surface area contributed by atoms with Gasteiger partial charge in [-0.2, -0.15) is 26.6 Å². The summed E-state index contributed by atoms with van der Waals surface area (Å²) < 4.78 is 71.7. The van der Waals surface area contributed by atoms with Crippen molar-refractivity contribution in [2.24, 2.45) is 5.73 Å². The molecular formula is C24H20BrF3N4O5S. The fraction of sp³-hybridized carbons (Fsp3) is 0.208. The molecule has 3 N–H and O–H groups in total. The lowest BCUT2D eigenvalue weighted by Gasteiger charge is -2.16. The zero-order chi connectivity index (χ0) is 27.8. The van der Waals surface area contributed by atoms with Crippen LogP contribution in [0.4, 0.5) is 18.9 Å². The van der Waals surface area contributed by atoms with Crippen LogP contribution in [-0.4, -0.2) is 29.4 Å². The number of furan rings is 1. The molecule has 4 aromatic rings. The molecule has 1 amide bonds. The molecule has 4 rings (SSSR count). The van der Waals surface area contributed by atoms with E-state index in [0.717, 1.165) is 6.07 Å². The number of aromatic nitrogens is 2. The number of benzene rings is 2. The van der Waals surface area contributed by atoms with Crippen molar-refractivity contribution in [1.82, 2.24) is 9.55 Å². The molecule has 2 aromatic heterocycles. The topological polar surface area (TPSA) is 137 Å². The molecule has 0 fully saturated rings. The maximum Gasteiger partial charge on any atom is 0.516 e. The van der Waals surface area contributed by atoms with Crippen LogP contribution in [-0.2, 0) is 23.0 Å². The summed E-state index contributed by atoms with van der Waals surface area (Å²) in [4.78, 5) is 28.0. The normalized spacial score (nSPS) is 12.1. The molecule has 0 aliphatic carbocycles. The van der Waals surface area contributed by atoms with Crippen LogP contribution in [0.1, 0.15) is 35.2 Å². The molecule has 2 aromatic carbocycles. The summed E-state index contributed by atoms with van der Waals surface area (Å²) in [6.45, 7) is 2.04. The fourth-order valence-corrected chi connectivity index (χ4v) is 5.08. The lowest BCUT2D eigenvalue weighted by atomic mass is 10.1. The van der Waals surface area contributed by atoms with Crippen molar-refractivity contribution in [2.45, 2.75) is 31.8 Å². The Balaban J connectivity index is 1.78. The number of hydrogen-bond donors (Lipinski definition) is 2. The van der Waals surface area contributed by atoms with Crippen molar-refractivity contribution >= 4 is 48.5 Å². The van der Waals surface area contributed by atoms with E-state index in [1.165, 1.54) is 24.3 Å². The van der Waals surface area contributed by atoms with Crippen LogP contribution in [0.2, 0.25) is 0 Å². The van der Waals surface area contributed by atoms with Crippen LogP contribution >= 0.6 is 15.9 Å². The quantitative estimate of drug-likeness (QED) is 0.294. The van der Waals surface area contributed by atoms with E-state index in [0.29, 0.717) is 39.7 Å². The zero-order valence-electron chi connectivity index (χ0n) is 19.7. The highest BCUT2D eigenvalue weighted by Gasteiger charge is 2.46. The van der Waals surface area contributed by atoms with Crippen LogP contribution in [0.5, 0.6) is 0 Å². The summed E-state index contributed by atoms with van der Waals surface area (Å²) in [5.41, 5.74) is 0.240. The largest absolute Gasteiger partial charge is 0.516 e. The maximum absolute atomic E-state index is 13.0. The van der Waals surface area contributed by atoms with Crippen molar-refractivity contribution in [2.75, 3.05) is 4.72 Å². The highest BCUT2D eigenvalue weighted by molar-refractivity contribution is 9.10. The third-order valence-electron chi connectivity index (χ3n) is 5.58. The number of alkyl halides is 3. The van der Waals surface area contributed by atoms with E-state index < -0.39 is 27.0 Å². The van der Waals surface area contributed by atoms with Gasteiger partial charge in [-0.3, -0.25) is 14.3 Å². The first-order chi connectivity index (χ1) is 17.8. The molecule has 9 nitrogen and oxygen atoms in total. The molecule has 0 saturated carbocycles. The Kier molecular flexibility index (Phi) is 7.39. The van der Waals surface area contributed by atoms with Gasteiger partial charge in [-0.15, -0.1) is 0 Å². The van der Waals surface area contributed by atoms with Gasteiger partial charge in [0.05, 0.1) is 10.2 Å². The number of aryl methyl sites for hydroxylation is 1. The number of nitrogens with zero attached hydrogens (tertiary/aromatic N) is 2. The van der Waals surface area contributed by atoms with Gasteiger partial charge in [-0.25, -0.2) is 0 Å². The van der Waals surface area contributed by atoms with Gasteiger partial charge in [0, 0.05) is 30.0 Å². The number of hydrogen-bond acceptors (Lipinski definition) is 6. The number of nitrogens with one attached hydrogen (secondary N) is 1. The second kappa shape index (κ2) is 10.3.